The fraction of sp³-hybridized carbons (Fsp3) is 0.429. The van der Waals surface area contributed by atoms with Crippen LogP contribution in [0.15, 0.2) is 28.8 Å². The van der Waals surface area contributed by atoms with E-state index in [1.165, 1.54) is 10.7 Å². The van der Waals surface area contributed by atoms with Gasteiger partial charge in [0.25, 0.3) is 0 Å². The maximum absolute atomic E-state index is 13.6. The second-order valence-electron chi connectivity index (χ2n) is 7.31. The SMILES string of the molecule is CCCc1noc(CCC(=O)NCc2ccc(-n3nc(C)cc3C)cc2C(F)(F)F)n1. The number of alkyl halides is 3. The molecule has 1 aromatic carbocycles. The fourth-order valence-corrected chi connectivity index (χ4v) is 3.22. The van der Waals surface area contributed by atoms with Gasteiger partial charge >= 0.3 is 6.18 Å². The molecule has 0 fully saturated rings. The van der Waals surface area contributed by atoms with Crippen LogP contribution < -0.4 is 5.32 Å². The van der Waals surface area contributed by atoms with Gasteiger partial charge in [-0.1, -0.05) is 18.1 Å². The van der Waals surface area contributed by atoms with Crippen LogP contribution in [0.4, 0.5) is 13.2 Å². The van der Waals surface area contributed by atoms with Crippen LogP contribution in [0.5, 0.6) is 0 Å². The Balaban J connectivity index is 1.67. The minimum Gasteiger partial charge on any atom is -0.352 e. The number of rotatable bonds is 8. The predicted octanol–water partition coefficient (Wildman–Crippen LogP) is 4.09. The van der Waals surface area contributed by atoms with E-state index < -0.39 is 17.6 Å². The first-order valence-corrected chi connectivity index (χ1v) is 9.99. The summed E-state index contributed by atoms with van der Waals surface area (Å²) >= 11 is 0. The van der Waals surface area contributed by atoms with Crippen LogP contribution in [0.1, 0.15) is 54.0 Å². The van der Waals surface area contributed by atoms with Crippen molar-refractivity contribution in [3.8, 4) is 5.69 Å². The molecule has 0 radical (unpaired) electrons. The van der Waals surface area contributed by atoms with E-state index in [1.54, 1.807) is 26.0 Å². The molecule has 1 N–H and O–H groups in total. The Labute approximate surface area is 177 Å². The van der Waals surface area contributed by atoms with E-state index in [0.717, 1.165) is 18.2 Å². The van der Waals surface area contributed by atoms with Crippen molar-refractivity contribution in [3.63, 3.8) is 0 Å². The van der Waals surface area contributed by atoms with E-state index in [2.05, 4.69) is 20.6 Å². The minimum absolute atomic E-state index is 0.0193. The Morgan fingerprint density at radius 2 is 1.97 bits per heavy atom. The number of nitrogens with one attached hydrogen (secondary N) is 1. The zero-order valence-electron chi connectivity index (χ0n) is 17.6. The van der Waals surface area contributed by atoms with Gasteiger partial charge in [-0.2, -0.15) is 23.3 Å². The Morgan fingerprint density at radius 1 is 1.19 bits per heavy atom. The number of aromatic nitrogens is 4. The number of carbonyl (C=O) groups excluding carboxylic acids is 1. The average Bonchev–Trinajstić information content (AvgIpc) is 3.29. The summed E-state index contributed by atoms with van der Waals surface area (Å²) < 4.78 is 47.4. The van der Waals surface area contributed by atoms with Crippen LogP contribution in [-0.2, 0) is 30.4 Å². The molecule has 1 amide bonds. The molecule has 2 heterocycles. The Morgan fingerprint density at radius 3 is 2.61 bits per heavy atom. The van der Waals surface area contributed by atoms with Gasteiger partial charge in [0.05, 0.1) is 16.9 Å². The molecule has 3 aromatic rings. The topological polar surface area (TPSA) is 85.8 Å². The first-order valence-electron chi connectivity index (χ1n) is 9.99. The molecule has 10 heteroatoms. The Kier molecular flexibility index (Phi) is 6.77. The van der Waals surface area contributed by atoms with Gasteiger partial charge in [0.1, 0.15) is 0 Å². The molecule has 0 saturated heterocycles. The smallest absolute Gasteiger partial charge is 0.352 e. The van der Waals surface area contributed by atoms with Crippen LogP contribution in [0, 0.1) is 13.8 Å². The quantitative estimate of drug-likeness (QED) is 0.576. The molecule has 0 saturated carbocycles. The third-order valence-electron chi connectivity index (χ3n) is 4.68. The molecule has 0 aliphatic heterocycles. The van der Waals surface area contributed by atoms with Crippen LogP contribution in [0.2, 0.25) is 0 Å². The number of benzene rings is 1. The highest BCUT2D eigenvalue weighted by Crippen LogP contribution is 2.33. The second kappa shape index (κ2) is 9.32. The highest BCUT2D eigenvalue weighted by molar-refractivity contribution is 5.76. The lowest BCUT2D eigenvalue weighted by molar-refractivity contribution is -0.138. The van der Waals surface area contributed by atoms with E-state index in [1.807, 2.05) is 6.92 Å². The molecule has 0 aliphatic rings. The third kappa shape index (κ3) is 5.71. The summed E-state index contributed by atoms with van der Waals surface area (Å²) in [6, 6.07) is 5.76. The summed E-state index contributed by atoms with van der Waals surface area (Å²) in [6.45, 7) is 5.30. The second-order valence-corrected chi connectivity index (χ2v) is 7.31. The zero-order valence-corrected chi connectivity index (χ0v) is 17.6. The van der Waals surface area contributed by atoms with Crippen molar-refractivity contribution >= 4 is 5.91 Å². The van der Waals surface area contributed by atoms with Crippen molar-refractivity contribution in [2.45, 2.75) is 59.2 Å². The summed E-state index contributed by atoms with van der Waals surface area (Å²) in [4.78, 5) is 16.3. The minimum atomic E-state index is -4.56. The van der Waals surface area contributed by atoms with Crippen molar-refractivity contribution < 1.29 is 22.5 Å². The Hall–Kier alpha value is -3.17. The number of hydrogen-bond acceptors (Lipinski definition) is 5. The molecule has 3 rings (SSSR count). The third-order valence-corrected chi connectivity index (χ3v) is 4.68. The maximum Gasteiger partial charge on any atom is 0.416 e. The average molecular weight is 435 g/mol. The van der Waals surface area contributed by atoms with Crippen molar-refractivity contribution in [1.82, 2.24) is 25.2 Å². The molecule has 166 valence electrons. The molecule has 31 heavy (non-hydrogen) atoms. The maximum atomic E-state index is 13.6. The highest BCUT2D eigenvalue weighted by Gasteiger charge is 2.34. The number of amides is 1. The van der Waals surface area contributed by atoms with Crippen molar-refractivity contribution in [3.05, 3.63) is 58.5 Å². The first-order chi connectivity index (χ1) is 14.7. The molecule has 0 unspecified atom stereocenters. The lowest BCUT2D eigenvalue weighted by Crippen LogP contribution is -2.25. The summed E-state index contributed by atoms with van der Waals surface area (Å²) in [5.74, 6) is 0.519. The molecule has 2 aromatic heterocycles. The van der Waals surface area contributed by atoms with E-state index in [0.29, 0.717) is 29.5 Å². The molecule has 0 atom stereocenters. The van der Waals surface area contributed by atoms with Gasteiger partial charge in [0.2, 0.25) is 11.8 Å². The monoisotopic (exact) mass is 435 g/mol. The van der Waals surface area contributed by atoms with Gasteiger partial charge < -0.3 is 9.84 Å². The molecule has 0 spiro atoms. The van der Waals surface area contributed by atoms with E-state index in [9.17, 15) is 18.0 Å². The van der Waals surface area contributed by atoms with Crippen molar-refractivity contribution in [1.29, 1.82) is 0 Å². The van der Waals surface area contributed by atoms with Crippen LogP contribution in [0.25, 0.3) is 5.69 Å². The fourth-order valence-electron chi connectivity index (χ4n) is 3.22. The lowest BCUT2D eigenvalue weighted by atomic mass is 10.1. The van der Waals surface area contributed by atoms with Gasteiger partial charge in [0.15, 0.2) is 5.82 Å². The van der Waals surface area contributed by atoms with Crippen LogP contribution in [-0.4, -0.2) is 25.8 Å². The van der Waals surface area contributed by atoms with Gasteiger partial charge in [-0.05, 0) is 44.0 Å². The van der Waals surface area contributed by atoms with Crippen molar-refractivity contribution in [2.24, 2.45) is 0 Å². The largest absolute Gasteiger partial charge is 0.416 e. The molecule has 0 bridgehead atoms. The Bertz CT molecular complexity index is 1060. The van der Waals surface area contributed by atoms with Gasteiger partial charge in [0, 0.05) is 31.5 Å². The first kappa shape index (κ1) is 22.5. The number of nitrogens with zero attached hydrogens (tertiary/aromatic N) is 4. The standard InChI is InChI=1S/C21H24F3N5O2/c1-4-5-18-26-20(31-28-18)9-8-19(30)25-12-15-6-7-16(11-17(15)21(22,23)24)29-14(3)10-13(2)27-29/h6-7,10-11H,4-5,8-9,12H2,1-3H3,(H,25,30). The van der Waals surface area contributed by atoms with E-state index >= 15 is 0 Å². The zero-order chi connectivity index (χ0) is 22.6. The summed E-state index contributed by atoms with van der Waals surface area (Å²) in [7, 11) is 0. The summed E-state index contributed by atoms with van der Waals surface area (Å²) in [5.41, 5.74) is 0.931. The van der Waals surface area contributed by atoms with Crippen molar-refractivity contribution in [2.75, 3.05) is 0 Å². The normalized spacial score (nSPS) is 11.7. The van der Waals surface area contributed by atoms with E-state index in [4.69, 9.17) is 4.52 Å². The number of carbonyl (C=O) groups is 1. The molecule has 7 nitrogen and oxygen atoms in total. The van der Waals surface area contributed by atoms with Gasteiger partial charge in [-0.3, -0.25) is 4.79 Å². The van der Waals surface area contributed by atoms with E-state index in [-0.39, 0.29) is 24.9 Å². The predicted molar refractivity (Wildman–Crippen MR) is 107 cm³/mol. The molecular weight excluding hydrogens is 411 g/mol. The summed E-state index contributed by atoms with van der Waals surface area (Å²) in [5, 5.41) is 10.6. The number of halogens is 3. The summed E-state index contributed by atoms with van der Waals surface area (Å²) in [6.07, 6.45) is -2.74. The van der Waals surface area contributed by atoms with Crippen LogP contribution in [0.3, 0.4) is 0 Å². The molecular formula is C21H24F3N5O2. The molecule has 0 aliphatic carbocycles. The number of aryl methyl sites for hydroxylation is 4. The number of hydrogen-bond donors (Lipinski definition) is 1. The lowest BCUT2D eigenvalue weighted by Gasteiger charge is -2.16. The highest BCUT2D eigenvalue weighted by atomic mass is 19.4. The van der Waals surface area contributed by atoms with Crippen LogP contribution >= 0.6 is 0 Å². The van der Waals surface area contributed by atoms with Gasteiger partial charge in [-0.15, -0.1) is 0 Å². The van der Waals surface area contributed by atoms with Gasteiger partial charge in [-0.25, -0.2) is 4.68 Å².